The third-order valence-electron chi connectivity index (χ3n) is 3.50. The van der Waals surface area contributed by atoms with Crippen molar-refractivity contribution in [2.24, 2.45) is 5.92 Å². The number of ether oxygens (including phenoxy) is 1. The molecule has 1 unspecified atom stereocenters. The summed E-state index contributed by atoms with van der Waals surface area (Å²) in [5.74, 6) is 0.00956. The summed E-state index contributed by atoms with van der Waals surface area (Å²) in [6.45, 7) is 8.77. The number of para-hydroxylation sites is 1. The fourth-order valence-electron chi connectivity index (χ4n) is 2.39. The van der Waals surface area contributed by atoms with Gasteiger partial charge in [-0.25, -0.2) is 4.79 Å². The highest BCUT2D eigenvalue weighted by Gasteiger charge is 2.19. The largest absolute Gasteiger partial charge is 0.422 e. The Kier molecular flexibility index (Phi) is 5.55. The van der Waals surface area contributed by atoms with E-state index in [0.717, 1.165) is 5.39 Å². The van der Waals surface area contributed by atoms with Crippen LogP contribution in [0.4, 0.5) is 0 Å². The third-order valence-corrected chi connectivity index (χ3v) is 3.50. The van der Waals surface area contributed by atoms with E-state index in [2.05, 4.69) is 19.2 Å². The Labute approximate surface area is 135 Å². The van der Waals surface area contributed by atoms with Crippen molar-refractivity contribution in [1.82, 2.24) is 5.32 Å². The number of hydrogen-bond acceptors (Lipinski definition) is 4. The van der Waals surface area contributed by atoms with Gasteiger partial charge in [-0.15, -0.1) is 0 Å². The molecule has 2 rings (SSSR count). The lowest BCUT2D eigenvalue weighted by molar-refractivity contribution is 0.0789. The second-order valence-corrected chi connectivity index (χ2v) is 6.19. The standard InChI is InChI=1S/C18H23NO4/c1-11(2)9-22-10-12(3)19-17(20)16-13(4)14-7-5-6-8-15(14)23-18(16)21/h5-8,11-12H,9-10H2,1-4H3,(H,19,20). The summed E-state index contributed by atoms with van der Waals surface area (Å²) < 4.78 is 10.7. The first-order valence-electron chi connectivity index (χ1n) is 7.81. The first-order valence-corrected chi connectivity index (χ1v) is 7.81. The average Bonchev–Trinajstić information content (AvgIpc) is 2.46. The van der Waals surface area contributed by atoms with Crippen LogP contribution in [0.5, 0.6) is 0 Å². The number of carbonyl (C=O) groups is 1. The number of hydrogen-bond donors (Lipinski definition) is 1. The van der Waals surface area contributed by atoms with E-state index in [9.17, 15) is 9.59 Å². The average molecular weight is 317 g/mol. The van der Waals surface area contributed by atoms with E-state index >= 15 is 0 Å². The Morgan fingerprint density at radius 2 is 1.91 bits per heavy atom. The molecule has 0 bridgehead atoms. The maximum atomic E-state index is 12.4. The van der Waals surface area contributed by atoms with Gasteiger partial charge in [-0.2, -0.15) is 0 Å². The number of carbonyl (C=O) groups excluding carboxylic acids is 1. The lowest BCUT2D eigenvalue weighted by Crippen LogP contribution is -2.38. The minimum Gasteiger partial charge on any atom is -0.422 e. The minimum atomic E-state index is -0.617. The van der Waals surface area contributed by atoms with Crippen LogP contribution in [-0.2, 0) is 4.74 Å². The normalized spacial score (nSPS) is 12.6. The minimum absolute atomic E-state index is 0.0550. The number of rotatable bonds is 6. The highest BCUT2D eigenvalue weighted by atomic mass is 16.5. The van der Waals surface area contributed by atoms with Crippen LogP contribution >= 0.6 is 0 Å². The maximum Gasteiger partial charge on any atom is 0.349 e. The van der Waals surface area contributed by atoms with E-state index in [-0.39, 0.29) is 11.6 Å². The molecule has 5 nitrogen and oxygen atoms in total. The van der Waals surface area contributed by atoms with E-state index in [1.807, 2.05) is 19.1 Å². The Morgan fingerprint density at radius 1 is 1.22 bits per heavy atom. The van der Waals surface area contributed by atoms with Crippen LogP contribution in [-0.4, -0.2) is 25.2 Å². The fourth-order valence-corrected chi connectivity index (χ4v) is 2.39. The molecule has 0 saturated heterocycles. The van der Waals surface area contributed by atoms with Gasteiger partial charge in [0.2, 0.25) is 0 Å². The molecule has 1 amide bonds. The second-order valence-electron chi connectivity index (χ2n) is 6.19. The van der Waals surface area contributed by atoms with Gasteiger partial charge in [0, 0.05) is 18.0 Å². The monoisotopic (exact) mass is 317 g/mol. The summed E-state index contributed by atoms with van der Waals surface area (Å²) in [4.78, 5) is 24.5. The lowest BCUT2D eigenvalue weighted by Gasteiger charge is -2.16. The van der Waals surface area contributed by atoms with Gasteiger partial charge < -0.3 is 14.5 Å². The van der Waals surface area contributed by atoms with Crippen molar-refractivity contribution in [2.75, 3.05) is 13.2 Å². The van der Waals surface area contributed by atoms with Crippen molar-refractivity contribution in [1.29, 1.82) is 0 Å². The summed E-state index contributed by atoms with van der Waals surface area (Å²) in [6, 6.07) is 7.00. The smallest absolute Gasteiger partial charge is 0.349 e. The van der Waals surface area contributed by atoms with Gasteiger partial charge in [-0.05, 0) is 31.4 Å². The molecule has 0 radical (unpaired) electrons. The van der Waals surface area contributed by atoms with Gasteiger partial charge in [-0.3, -0.25) is 4.79 Å². The zero-order valence-electron chi connectivity index (χ0n) is 14.0. The van der Waals surface area contributed by atoms with E-state index in [1.165, 1.54) is 0 Å². The SMILES string of the molecule is Cc1c(C(=O)NC(C)COCC(C)C)c(=O)oc2ccccc12. The zero-order valence-corrected chi connectivity index (χ0v) is 14.0. The molecular weight excluding hydrogens is 294 g/mol. The molecular formula is C18H23NO4. The summed E-state index contributed by atoms with van der Waals surface area (Å²) in [6.07, 6.45) is 0. The van der Waals surface area contributed by atoms with Gasteiger partial charge in [0.25, 0.3) is 5.91 Å². The van der Waals surface area contributed by atoms with Crippen LogP contribution < -0.4 is 10.9 Å². The van der Waals surface area contributed by atoms with Crippen molar-refractivity contribution in [3.8, 4) is 0 Å². The van der Waals surface area contributed by atoms with Crippen molar-refractivity contribution < 1.29 is 13.9 Å². The van der Waals surface area contributed by atoms with Crippen molar-refractivity contribution in [3.63, 3.8) is 0 Å². The Balaban J connectivity index is 2.16. The summed E-state index contributed by atoms with van der Waals surface area (Å²) in [7, 11) is 0. The predicted octanol–water partition coefficient (Wildman–Crippen LogP) is 2.89. The van der Waals surface area contributed by atoms with Crippen LogP contribution in [0.1, 0.15) is 36.7 Å². The quantitative estimate of drug-likeness (QED) is 0.832. The summed E-state index contributed by atoms with van der Waals surface area (Å²) in [5, 5.41) is 3.56. The fraction of sp³-hybridized carbons (Fsp3) is 0.444. The molecule has 1 atom stereocenters. The molecule has 23 heavy (non-hydrogen) atoms. The molecule has 124 valence electrons. The van der Waals surface area contributed by atoms with E-state index in [1.54, 1.807) is 19.1 Å². The lowest BCUT2D eigenvalue weighted by atomic mass is 10.1. The van der Waals surface area contributed by atoms with Gasteiger partial charge in [0.1, 0.15) is 11.1 Å². The Morgan fingerprint density at radius 3 is 2.61 bits per heavy atom. The third kappa shape index (κ3) is 4.20. The van der Waals surface area contributed by atoms with Gasteiger partial charge in [0.05, 0.1) is 6.61 Å². The molecule has 2 aromatic rings. The second kappa shape index (κ2) is 7.42. The first-order chi connectivity index (χ1) is 10.9. The van der Waals surface area contributed by atoms with Crippen LogP contribution in [0, 0.1) is 12.8 Å². The number of benzene rings is 1. The summed E-state index contributed by atoms with van der Waals surface area (Å²) >= 11 is 0. The Hall–Kier alpha value is -2.14. The number of amides is 1. The molecule has 0 aliphatic carbocycles. The van der Waals surface area contributed by atoms with Crippen LogP contribution in [0.3, 0.4) is 0 Å². The van der Waals surface area contributed by atoms with Gasteiger partial charge in [-0.1, -0.05) is 32.0 Å². The van der Waals surface area contributed by atoms with Crippen LogP contribution in [0.25, 0.3) is 11.0 Å². The highest BCUT2D eigenvalue weighted by molar-refractivity contribution is 5.99. The van der Waals surface area contributed by atoms with E-state index in [4.69, 9.17) is 9.15 Å². The zero-order chi connectivity index (χ0) is 17.0. The van der Waals surface area contributed by atoms with Gasteiger partial charge in [0.15, 0.2) is 0 Å². The van der Waals surface area contributed by atoms with E-state index < -0.39 is 11.5 Å². The van der Waals surface area contributed by atoms with Crippen molar-refractivity contribution >= 4 is 16.9 Å². The molecule has 1 aromatic carbocycles. The highest BCUT2D eigenvalue weighted by Crippen LogP contribution is 2.18. The molecule has 0 saturated carbocycles. The van der Waals surface area contributed by atoms with Crippen LogP contribution in [0.2, 0.25) is 0 Å². The number of fused-ring (bicyclic) bond motifs is 1. The maximum absolute atomic E-state index is 12.4. The van der Waals surface area contributed by atoms with Crippen molar-refractivity contribution in [2.45, 2.75) is 33.7 Å². The topological polar surface area (TPSA) is 68.5 Å². The molecule has 5 heteroatoms. The predicted molar refractivity (Wildman–Crippen MR) is 89.8 cm³/mol. The molecule has 0 aliphatic rings. The van der Waals surface area contributed by atoms with Crippen LogP contribution in [0.15, 0.2) is 33.5 Å². The number of nitrogens with one attached hydrogen (secondary N) is 1. The molecule has 0 fully saturated rings. The van der Waals surface area contributed by atoms with Crippen molar-refractivity contribution in [3.05, 3.63) is 45.8 Å². The molecule has 1 aromatic heterocycles. The molecule has 1 N–H and O–H groups in total. The van der Waals surface area contributed by atoms with Gasteiger partial charge >= 0.3 is 5.63 Å². The summed E-state index contributed by atoms with van der Waals surface area (Å²) in [5.41, 5.74) is 0.554. The number of aryl methyl sites for hydroxylation is 1. The molecule has 0 aliphatic heterocycles. The molecule has 0 spiro atoms. The Bertz CT molecular complexity index is 748. The first kappa shape index (κ1) is 17.2. The van der Waals surface area contributed by atoms with E-state index in [0.29, 0.717) is 30.3 Å². The molecule has 1 heterocycles.